The molecule has 0 saturated heterocycles. The van der Waals surface area contributed by atoms with E-state index in [9.17, 15) is 4.21 Å². The number of hydrogen-bond donors (Lipinski definition) is 0. The molecule has 0 saturated carbocycles. The molecule has 0 aliphatic heterocycles. The maximum Gasteiger partial charge on any atom is 0.244 e. The molecule has 0 aliphatic carbocycles. The zero-order chi connectivity index (χ0) is 12.4. The summed E-state index contributed by atoms with van der Waals surface area (Å²) in [6.45, 7) is 4.25. The molecular formula is C11H14N4OS. The first-order valence-electron chi connectivity index (χ1n) is 5.31. The second-order valence-corrected chi connectivity index (χ2v) is 5.35. The maximum absolute atomic E-state index is 11.5. The second-order valence-electron chi connectivity index (χ2n) is 4.08. The van der Waals surface area contributed by atoms with E-state index in [0.29, 0.717) is 11.1 Å². The Labute approximate surface area is 102 Å². The quantitative estimate of drug-likeness (QED) is 0.828. The lowest BCUT2D eigenvalue weighted by Gasteiger charge is -2.08. The van der Waals surface area contributed by atoms with E-state index in [0.717, 1.165) is 5.69 Å². The van der Waals surface area contributed by atoms with Gasteiger partial charge in [-0.3, -0.25) is 4.21 Å². The summed E-state index contributed by atoms with van der Waals surface area (Å²) < 4.78 is 13.0. The second kappa shape index (κ2) is 4.75. The topological polar surface area (TPSA) is 60.7 Å². The number of nitrogens with zero attached hydrogens (tertiary/aromatic N) is 4. The molecule has 0 N–H and O–H groups in total. The molecule has 0 fully saturated rings. The highest BCUT2D eigenvalue weighted by Gasteiger charge is 2.12. The van der Waals surface area contributed by atoms with Crippen LogP contribution in [-0.2, 0) is 10.8 Å². The molecule has 0 amide bonds. The summed E-state index contributed by atoms with van der Waals surface area (Å²) in [4.78, 5) is 0. The fourth-order valence-electron chi connectivity index (χ4n) is 1.54. The molecule has 1 unspecified atom stereocenters. The van der Waals surface area contributed by atoms with E-state index >= 15 is 0 Å². The van der Waals surface area contributed by atoms with Crippen molar-refractivity contribution in [3.63, 3.8) is 0 Å². The molecule has 1 aromatic carbocycles. The molecule has 1 atom stereocenters. The zero-order valence-corrected chi connectivity index (χ0v) is 10.8. The lowest BCUT2D eigenvalue weighted by molar-refractivity contribution is 0.670. The van der Waals surface area contributed by atoms with Gasteiger partial charge in [-0.25, -0.2) is 0 Å². The molecule has 17 heavy (non-hydrogen) atoms. The summed E-state index contributed by atoms with van der Waals surface area (Å²) in [5.74, 6) is 0.432. The minimum absolute atomic E-state index is 0.367. The first-order valence-corrected chi connectivity index (χ1v) is 6.87. The lowest BCUT2D eigenvalue weighted by atomic mass is 10.0. The van der Waals surface area contributed by atoms with Crippen LogP contribution >= 0.6 is 0 Å². The molecule has 0 spiro atoms. The van der Waals surface area contributed by atoms with Gasteiger partial charge in [0.15, 0.2) is 0 Å². The number of hydrogen-bond acceptors (Lipinski definition) is 4. The zero-order valence-electron chi connectivity index (χ0n) is 9.99. The van der Waals surface area contributed by atoms with Crippen LogP contribution in [0.25, 0.3) is 5.69 Å². The van der Waals surface area contributed by atoms with E-state index < -0.39 is 10.8 Å². The van der Waals surface area contributed by atoms with Gasteiger partial charge in [0.05, 0.1) is 16.5 Å². The molecule has 0 bridgehead atoms. The van der Waals surface area contributed by atoms with Gasteiger partial charge in [0.1, 0.15) is 0 Å². The first-order chi connectivity index (χ1) is 8.09. The Hall–Kier alpha value is -1.56. The first kappa shape index (κ1) is 11.9. The average molecular weight is 250 g/mol. The van der Waals surface area contributed by atoms with Crippen molar-refractivity contribution in [2.45, 2.75) is 24.9 Å². The molecule has 6 heteroatoms. The maximum atomic E-state index is 11.5. The summed E-state index contributed by atoms with van der Waals surface area (Å²) in [6.07, 6.45) is 1.56. The van der Waals surface area contributed by atoms with E-state index in [2.05, 4.69) is 35.4 Å². The minimum atomic E-state index is -1.20. The van der Waals surface area contributed by atoms with Gasteiger partial charge in [0.2, 0.25) is 5.16 Å². The third-order valence-electron chi connectivity index (χ3n) is 2.48. The van der Waals surface area contributed by atoms with E-state index in [4.69, 9.17) is 0 Å². The number of aromatic nitrogens is 4. The van der Waals surface area contributed by atoms with Crippen LogP contribution in [0.15, 0.2) is 29.4 Å². The highest BCUT2D eigenvalue weighted by atomic mass is 32.2. The van der Waals surface area contributed by atoms with Crippen LogP contribution in [0.3, 0.4) is 0 Å². The van der Waals surface area contributed by atoms with Gasteiger partial charge >= 0.3 is 0 Å². The van der Waals surface area contributed by atoms with Crippen molar-refractivity contribution in [2.24, 2.45) is 0 Å². The Kier molecular flexibility index (Phi) is 3.33. The van der Waals surface area contributed by atoms with E-state index in [-0.39, 0.29) is 0 Å². The van der Waals surface area contributed by atoms with Crippen molar-refractivity contribution >= 4 is 10.8 Å². The number of rotatable bonds is 3. The predicted molar refractivity (Wildman–Crippen MR) is 65.6 cm³/mol. The minimum Gasteiger partial charge on any atom is -0.251 e. The molecule has 2 rings (SSSR count). The summed E-state index contributed by atoms with van der Waals surface area (Å²) in [5, 5.41) is 11.6. The third kappa shape index (κ3) is 2.41. The average Bonchev–Trinajstić information content (AvgIpc) is 2.78. The van der Waals surface area contributed by atoms with Gasteiger partial charge in [-0.1, -0.05) is 31.1 Å². The van der Waals surface area contributed by atoms with Crippen LogP contribution in [0, 0.1) is 0 Å². The fraction of sp³-hybridized carbons (Fsp3) is 0.364. The van der Waals surface area contributed by atoms with Crippen LogP contribution in [0.1, 0.15) is 25.3 Å². The SMILES string of the molecule is CC(C)c1cccc(-n2nnnc2S(C)=O)c1. The van der Waals surface area contributed by atoms with Gasteiger partial charge < -0.3 is 0 Å². The van der Waals surface area contributed by atoms with Crippen molar-refractivity contribution in [1.82, 2.24) is 20.2 Å². The molecule has 5 nitrogen and oxygen atoms in total. The Bertz CT molecular complexity index is 550. The normalized spacial score (nSPS) is 12.9. The summed E-state index contributed by atoms with van der Waals surface area (Å²) in [6, 6.07) is 7.92. The molecule has 1 aromatic heterocycles. The summed E-state index contributed by atoms with van der Waals surface area (Å²) >= 11 is 0. The van der Waals surface area contributed by atoms with Crippen LogP contribution in [0.2, 0.25) is 0 Å². The Balaban J connectivity index is 2.49. The molecule has 2 aromatic rings. The Morgan fingerprint density at radius 2 is 2.12 bits per heavy atom. The fourth-order valence-corrected chi connectivity index (χ4v) is 2.07. The van der Waals surface area contributed by atoms with Crippen LogP contribution in [0.4, 0.5) is 0 Å². The molecule has 90 valence electrons. The third-order valence-corrected chi connectivity index (χ3v) is 3.25. The highest BCUT2D eigenvalue weighted by molar-refractivity contribution is 7.84. The van der Waals surface area contributed by atoms with E-state index in [1.165, 1.54) is 10.2 Å². The van der Waals surface area contributed by atoms with Crippen LogP contribution in [0.5, 0.6) is 0 Å². The van der Waals surface area contributed by atoms with E-state index in [1.807, 2.05) is 18.2 Å². The van der Waals surface area contributed by atoms with Gasteiger partial charge in [0, 0.05) is 6.26 Å². The van der Waals surface area contributed by atoms with Crippen LogP contribution in [-0.4, -0.2) is 30.7 Å². The van der Waals surface area contributed by atoms with Gasteiger partial charge in [-0.2, -0.15) is 4.68 Å². The molecular weight excluding hydrogens is 236 g/mol. The summed E-state index contributed by atoms with van der Waals surface area (Å²) in [5.41, 5.74) is 2.04. The largest absolute Gasteiger partial charge is 0.251 e. The Morgan fingerprint density at radius 1 is 1.35 bits per heavy atom. The highest BCUT2D eigenvalue weighted by Crippen LogP contribution is 2.18. The van der Waals surface area contributed by atoms with Crippen molar-refractivity contribution < 1.29 is 4.21 Å². The molecule has 1 heterocycles. The standard InChI is InChI=1S/C11H14N4OS/c1-8(2)9-5-4-6-10(7-9)15-11(17(3)16)12-13-14-15/h4-8H,1-3H3. The lowest BCUT2D eigenvalue weighted by Crippen LogP contribution is -2.05. The Morgan fingerprint density at radius 3 is 2.76 bits per heavy atom. The van der Waals surface area contributed by atoms with Crippen molar-refractivity contribution in [3.05, 3.63) is 29.8 Å². The van der Waals surface area contributed by atoms with Crippen molar-refractivity contribution in [2.75, 3.05) is 6.26 Å². The number of tetrazole rings is 1. The van der Waals surface area contributed by atoms with Gasteiger partial charge in [-0.15, -0.1) is 0 Å². The monoisotopic (exact) mass is 250 g/mol. The van der Waals surface area contributed by atoms with Crippen molar-refractivity contribution in [3.8, 4) is 5.69 Å². The molecule has 0 aliphatic rings. The van der Waals surface area contributed by atoms with Crippen LogP contribution < -0.4 is 0 Å². The van der Waals surface area contributed by atoms with Crippen molar-refractivity contribution in [1.29, 1.82) is 0 Å². The smallest absolute Gasteiger partial charge is 0.244 e. The van der Waals surface area contributed by atoms with Gasteiger partial charge in [-0.05, 0) is 34.0 Å². The summed E-state index contributed by atoms with van der Waals surface area (Å²) in [7, 11) is -1.20. The number of benzene rings is 1. The molecule has 0 radical (unpaired) electrons. The van der Waals surface area contributed by atoms with E-state index in [1.54, 1.807) is 6.26 Å². The van der Waals surface area contributed by atoms with Gasteiger partial charge in [0.25, 0.3) is 0 Å². The predicted octanol–water partition coefficient (Wildman–Crippen LogP) is 1.52.